The summed E-state index contributed by atoms with van der Waals surface area (Å²) in [5.74, 6) is 4.09. The minimum Gasteiger partial charge on any atom is -0.493 e. The number of methoxy groups -OCH3 is 1. The molecule has 0 bridgehead atoms. The molecule has 0 spiro atoms. The molecule has 0 radical (unpaired) electrons. The minimum absolute atomic E-state index is 0.0589. The van der Waals surface area contributed by atoms with Crippen LogP contribution in [0.1, 0.15) is 70.4 Å². The molecule has 0 saturated heterocycles. The summed E-state index contributed by atoms with van der Waals surface area (Å²) in [4.78, 5) is 29.1. The van der Waals surface area contributed by atoms with E-state index in [0.717, 1.165) is 15.4 Å². The first kappa shape index (κ1) is 32.1. The number of halogens is 1. The molecule has 1 atom stereocenters. The molecule has 1 aromatic carbocycles. The lowest BCUT2D eigenvalue weighted by Crippen LogP contribution is -2.42. The van der Waals surface area contributed by atoms with Crippen molar-refractivity contribution in [2.75, 3.05) is 39.6 Å². The first-order valence-corrected chi connectivity index (χ1v) is 14.8. The van der Waals surface area contributed by atoms with E-state index in [1.54, 1.807) is 9.47 Å². The zero-order chi connectivity index (χ0) is 30.6. The fraction of sp³-hybridized carbons (Fsp3) is 0.481. The molecule has 1 aromatic heterocycles. The number of carbonyl (C=O) groups is 2. The zero-order valence-electron chi connectivity index (χ0n) is 23.8. The fourth-order valence-electron chi connectivity index (χ4n) is 4.94. The number of amides is 2. The van der Waals surface area contributed by atoms with E-state index in [1.165, 1.54) is 26.3 Å². The quantitative estimate of drug-likeness (QED) is 0.137. The summed E-state index contributed by atoms with van der Waals surface area (Å²) in [6.45, 7) is 7.46. The van der Waals surface area contributed by atoms with Gasteiger partial charge in [-0.2, -0.15) is 0 Å². The number of fused-ring (bicyclic) bond motifs is 1. The van der Waals surface area contributed by atoms with Gasteiger partial charge in [0.1, 0.15) is 11.4 Å². The summed E-state index contributed by atoms with van der Waals surface area (Å²) in [6.07, 6.45) is 0.497. The van der Waals surface area contributed by atoms with E-state index in [9.17, 15) is 27.5 Å². The molecular formula is C27H38FN5O7S. The molecule has 12 nitrogen and oxygen atoms in total. The van der Waals surface area contributed by atoms with Crippen LogP contribution in [0.2, 0.25) is 0 Å². The summed E-state index contributed by atoms with van der Waals surface area (Å²) < 4.78 is 48.2. The van der Waals surface area contributed by atoms with Crippen molar-refractivity contribution in [3.8, 4) is 5.75 Å². The van der Waals surface area contributed by atoms with Gasteiger partial charge in [0.05, 0.1) is 37.4 Å². The van der Waals surface area contributed by atoms with Gasteiger partial charge >= 0.3 is 0 Å². The predicted molar refractivity (Wildman–Crippen MR) is 151 cm³/mol. The van der Waals surface area contributed by atoms with Gasteiger partial charge in [-0.3, -0.25) is 18.9 Å². The van der Waals surface area contributed by atoms with Crippen LogP contribution >= 0.6 is 0 Å². The van der Waals surface area contributed by atoms with Crippen molar-refractivity contribution >= 4 is 27.5 Å². The van der Waals surface area contributed by atoms with Crippen LogP contribution in [0.5, 0.6) is 5.75 Å². The van der Waals surface area contributed by atoms with Gasteiger partial charge in [0, 0.05) is 32.8 Å². The van der Waals surface area contributed by atoms with E-state index in [1.807, 2.05) is 13.8 Å². The first-order valence-electron chi connectivity index (χ1n) is 13.2. The molecule has 1 aliphatic heterocycles. The maximum Gasteiger partial charge on any atom is 0.274 e. The summed E-state index contributed by atoms with van der Waals surface area (Å²) in [5.41, 5.74) is 0.514. The molecule has 2 amide bonds. The molecule has 14 heteroatoms. The second-order valence-electron chi connectivity index (χ2n) is 9.83. The number of sulfonamides is 1. The van der Waals surface area contributed by atoms with E-state index >= 15 is 0 Å². The number of likely N-dealkylation sites (N-methyl/N-ethyl adjacent to an activating group) is 1. The lowest BCUT2D eigenvalue weighted by molar-refractivity contribution is 0.0681. The van der Waals surface area contributed by atoms with Gasteiger partial charge in [-0.25, -0.2) is 18.7 Å². The SMILES string of the molecule is C=C(c1c(C(=O)N(N)Cc2ccc(F)cc2CO)c(OC)c2n1[C@@H](C)CN(CC)C2=O)N(C)S(=O)(=O)CCCCO. The van der Waals surface area contributed by atoms with Gasteiger partial charge in [-0.15, -0.1) is 0 Å². The van der Waals surface area contributed by atoms with Gasteiger partial charge in [0.25, 0.3) is 11.8 Å². The van der Waals surface area contributed by atoms with Gasteiger partial charge in [0.2, 0.25) is 10.0 Å². The molecule has 3 rings (SSSR count). The Bertz CT molecular complexity index is 1430. The van der Waals surface area contributed by atoms with E-state index in [2.05, 4.69) is 6.58 Å². The van der Waals surface area contributed by atoms with Crippen molar-refractivity contribution in [1.29, 1.82) is 0 Å². The molecule has 1 aliphatic rings. The highest BCUT2D eigenvalue weighted by molar-refractivity contribution is 7.89. The van der Waals surface area contributed by atoms with Crippen LogP contribution in [-0.2, 0) is 23.2 Å². The molecule has 0 fully saturated rings. The number of aliphatic hydroxyl groups is 2. The summed E-state index contributed by atoms with van der Waals surface area (Å²) in [7, 11) is -1.32. The Morgan fingerprint density at radius 2 is 1.95 bits per heavy atom. The highest BCUT2D eigenvalue weighted by atomic mass is 32.2. The Morgan fingerprint density at radius 3 is 2.54 bits per heavy atom. The number of ether oxygens (including phenoxy) is 1. The first-order chi connectivity index (χ1) is 19.3. The average Bonchev–Trinajstić information content (AvgIpc) is 3.30. The zero-order valence-corrected chi connectivity index (χ0v) is 24.6. The smallest absolute Gasteiger partial charge is 0.274 e. The predicted octanol–water partition coefficient (Wildman–Crippen LogP) is 1.69. The average molecular weight is 596 g/mol. The molecule has 0 unspecified atom stereocenters. The molecule has 2 heterocycles. The van der Waals surface area contributed by atoms with Crippen LogP contribution in [0.4, 0.5) is 4.39 Å². The topological polar surface area (TPSA) is 159 Å². The maximum absolute atomic E-state index is 14.0. The number of rotatable bonds is 13. The van der Waals surface area contributed by atoms with Gasteiger partial charge in [-0.05, 0) is 49.9 Å². The van der Waals surface area contributed by atoms with Crippen molar-refractivity contribution in [1.82, 2.24) is 18.8 Å². The number of aromatic nitrogens is 1. The number of nitrogens with zero attached hydrogens (tertiary/aromatic N) is 4. The molecule has 0 saturated carbocycles. The Balaban J connectivity index is 2.19. The van der Waals surface area contributed by atoms with Gasteiger partial charge in [-0.1, -0.05) is 12.6 Å². The Morgan fingerprint density at radius 1 is 1.27 bits per heavy atom. The number of hydrogen-bond donors (Lipinski definition) is 3. The molecular weight excluding hydrogens is 557 g/mol. The highest BCUT2D eigenvalue weighted by Crippen LogP contribution is 2.41. The van der Waals surface area contributed by atoms with Gasteiger partial charge < -0.3 is 24.4 Å². The summed E-state index contributed by atoms with van der Waals surface area (Å²) in [5, 5.41) is 19.6. The van der Waals surface area contributed by atoms with E-state index < -0.39 is 34.3 Å². The fourth-order valence-corrected chi connectivity index (χ4v) is 6.21. The molecule has 4 N–H and O–H groups in total. The number of carbonyl (C=O) groups excluding carboxylic acids is 2. The number of unbranched alkanes of at least 4 members (excludes halogenated alkanes) is 1. The normalized spacial score (nSPS) is 15.1. The number of benzene rings is 1. The van der Waals surface area contributed by atoms with Crippen molar-refractivity contribution in [3.05, 3.63) is 58.7 Å². The summed E-state index contributed by atoms with van der Waals surface area (Å²) >= 11 is 0. The lowest BCUT2D eigenvalue weighted by atomic mass is 10.1. The van der Waals surface area contributed by atoms with Crippen molar-refractivity contribution < 1.29 is 37.3 Å². The number of aliphatic hydroxyl groups excluding tert-OH is 2. The molecule has 226 valence electrons. The molecule has 41 heavy (non-hydrogen) atoms. The largest absolute Gasteiger partial charge is 0.493 e. The van der Waals surface area contributed by atoms with E-state index in [-0.39, 0.29) is 71.7 Å². The van der Waals surface area contributed by atoms with Crippen molar-refractivity contribution in [2.24, 2.45) is 5.84 Å². The number of nitrogens with two attached hydrogens (primary N) is 1. The third-order valence-corrected chi connectivity index (χ3v) is 9.06. The Hall–Kier alpha value is -3.46. The monoisotopic (exact) mass is 595 g/mol. The number of hydrazine groups is 1. The van der Waals surface area contributed by atoms with Crippen LogP contribution in [0.25, 0.3) is 5.70 Å². The minimum atomic E-state index is -3.92. The van der Waals surface area contributed by atoms with Crippen LogP contribution < -0.4 is 10.6 Å². The van der Waals surface area contributed by atoms with Crippen LogP contribution in [0.15, 0.2) is 24.8 Å². The van der Waals surface area contributed by atoms with Crippen LogP contribution in [-0.4, -0.2) is 88.8 Å². The molecule has 2 aromatic rings. The highest BCUT2D eigenvalue weighted by Gasteiger charge is 2.41. The third kappa shape index (κ3) is 6.25. The Labute approximate surface area is 239 Å². The van der Waals surface area contributed by atoms with Crippen molar-refractivity contribution in [2.45, 2.75) is 45.9 Å². The summed E-state index contributed by atoms with van der Waals surface area (Å²) in [6, 6.07) is 3.32. The van der Waals surface area contributed by atoms with Crippen molar-refractivity contribution in [3.63, 3.8) is 0 Å². The second-order valence-corrected chi connectivity index (χ2v) is 12.0. The second kappa shape index (κ2) is 13.0. The Kier molecular flexibility index (Phi) is 10.2. The van der Waals surface area contributed by atoms with E-state index in [0.29, 0.717) is 18.7 Å². The number of hydrogen-bond acceptors (Lipinski definition) is 8. The molecule has 0 aliphatic carbocycles. The van der Waals surface area contributed by atoms with Gasteiger partial charge in [0.15, 0.2) is 11.4 Å². The third-order valence-electron chi connectivity index (χ3n) is 7.20. The lowest BCUT2D eigenvalue weighted by Gasteiger charge is -2.34. The van der Waals surface area contributed by atoms with Crippen LogP contribution in [0, 0.1) is 5.82 Å². The van der Waals surface area contributed by atoms with E-state index in [4.69, 9.17) is 15.7 Å². The standard InChI is InChI=1S/C27H38FN5O7S/c1-6-31-14-17(2)33-23(18(3)30(4)41(38,39)12-8-7-11-34)22(25(40-5)24(33)27(31)37)26(36)32(29)15-19-9-10-21(28)13-20(19)16-35/h9-10,13,17,34-35H,3,6-8,11-12,14-16,29H2,1-2,4-5H3/t17-/m0/s1. The maximum atomic E-state index is 14.0. The van der Waals surface area contributed by atoms with Crippen LogP contribution in [0.3, 0.4) is 0 Å².